The van der Waals surface area contributed by atoms with Gasteiger partial charge in [-0.25, -0.2) is 4.39 Å². The van der Waals surface area contributed by atoms with E-state index < -0.39 is 17.8 Å². The first-order valence-electron chi connectivity index (χ1n) is 5.43. The summed E-state index contributed by atoms with van der Waals surface area (Å²) in [5.74, 6) is -1.50. The molecule has 0 fully saturated rings. The van der Waals surface area contributed by atoms with Crippen LogP contribution in [0.25, 0.3) is 0 Å². The number of hydrogen-bond donors (Lipinski definition) is 1. The third-order valence-corrected chi connectivity index (χ3v) is 2.96. The summed E-state index contributed by atoms with van der Waals surface area (Å²) >= 11 is 5.67. The third-order valence-electron chi connectivity index (χ3n) is 2.67. The lowest BCUT2D eigenvalue weighted by Gasteiger charge is -2.26. The molecule has 0 aliphatic heterocycles. The molecule has 0 aliphatic rings. The Balaban J connectivity index is 3.13. The molecule has 1 rings (SSSR count). The van der Waals surface area contributed by atoms with E-state index in [1.165, 1.54) is 18.2 Å². The maximum Gasteiger partial charge on any atom is 0.325 e. The summed E-state index contributed by atoms with van der Waals surface area (Å²) in [4.78, 5) is 13.0. The van der Waals surface area contributed by atoms with Crippen LogP contribution in [0.1, 0.15) is 25.5 Å². The molecule has 5 heteroatoms. The van der Waals surface area contributed by atoms with E-state index in [1.807, 2.05) is 13.8 Å². The minimum absolute atomic E-state index is 0.0547. The lowest BCUT2D eigenvalue weighted by atomic mass is 10.1. The minimum atomic E-state index is -0.962. The summed E-state index contributed by atoms with van der Waals surface area (Å²) in [5.41, 5.74) is 0.493. The van der Waals surface area contributed by atoms with Crippen molar-refractivity contribution in [3.63, 3.8) is 0 Å². The maximum atomic E-state index is 13.0. The van der Waals surface area contributed by atoms with E-state index in [0.717, 1.165) is 0 Å². The van der Waals surface area contributed by atoms with E-state index in [-0.39, 0.29) is 5.02 Å². The summed E-state index contributed by atoms with van der Waals surface area (Å²) in [6.07, 6.45) is 0. The highest BCUT2D eigenvalue weighted by molar-refractivity contribution is 6.30. The van der Waals surface area contributed by atoms with Crippen molar-refractivity contribution in [1.82, 2.24) is 4.90 Å². The number of aliphatic carboxylic acids is 1. The first-order valence-corrected chi connectivity index (χ1v) is 5.80. The zero-order valence-corrected chi connectivity index (χ0v) is 10.5. The van der Waals surface area contributed by atoms with Crippen molar-refractivity contribution in [3.8, 4) is 0 Å². The van der Waals surface area contributed by atoms with Crippen molar-refractivity contribution in [1.29, 1.82) is 0 Å². The van der Waals surface area contributed by atoms with E-state index in [4.69, 9.17) is 11.6 Å². The molecule has 0 saturated carbocycles. The molecular formula is C12H15ClFNO2. The predicted octanol–water partition coefficient (Wildman–Crippen LogP) is 2.95. The van der Waals surface area contributed by atoms with Crippen LogP contribution in [-0.2, 0) is 4.79 Å². The quantitative estimate of drug-likeness (QED) is 0.884. The number of nitrogens with zero attached hydrogens (tertiary/aromatic N) is 1. The van der Waals surface area contributed by atoms with Gasteiger partial charge in [-0.1, -0.05) is 31.5 Å². The number of rotatable bonds is 5. The van der Waals surface area contributed by atoms with Crippen molar-refractivity contribution >= 4 is 17.6 Å². The highest BCUT2D eigenvalue weighted by Crippen LogP contribution is 2.25. The molecule has 1 aromatic carbocycles. The molecule has 0 spiro atoms. The van der Waals surface area contributed by atoms with Gasteiger partial charge in [0.05, 0.1) is 5.02 Å². The van der Waals surface area contributed by atoms with Gasteiger partial charge in [0.1, 0.15) is 11.9 Å². The van der Waals surface area contributed by atoms with Crippen molar-refractivity contribution in [3.05, 3.63) is 34.6 Å². The molecule has 0 radical (unpaired) electrons. The summed E-state index contributed by atoms with van der Waals surface area (Å²) in [7, 11) is 0. The summed E-state index contributed by atoms with van der Waals surface area (Å²) in [5, 5.41) is 9.19. The molecule has 0 amide bonds. The molecule has 17 heavy (non-hydrogen) atoms. The Hall–Kier alpha value is -1.13. The van der Waals surface area contributed by atoms with E-state index in [0.29, 0.717) is 18.7 Å². The average Bonchev–Trinajstić information content (AvgIpc) is 2.29. The number of halogens is 2. The highest BCUT2D eigenvalue weighted by Gasteiger charge is 2.25. The Kier molecular flexibility index (Phi) is 4.90. The molecule has 1 N–H and O–H groups in total. The molecule has 3 nitrogen and oxygen atoms in total. The van der Waals surface area contributed by atoms with Gasteiger partial charge in [-0.05, 0) is 30.8 Å². The lowest BCUT2D eigenvalue weighted by Crippen LogP contribution is -2.33. The molecule has 0 heterocycles. The van der Waals surface area contributed by atoms with Crippen LogP contribution in [0, 0.1) is 5.82 Å². The second kappa shape index (κ2) is 5.98. The Labute approximate surface area is 105 Å². The number of carbonyl (C=O) groups is 1. The van der Waals surface area contributed by atoms with Crippen LogP contribution in [0.3, 0.4) is 0 Å². The first-order chi connectivity index (χ1) is 8.01. The second-order valence-corrected chi connectivity index (χ2v) is 4.04. The summed E-state index contributed by atoms with van der Waals surface area (Å²) in [6, 6.07) is 3.23. The third kappa shape index (κ3) is 3.17. The zero-order chi connectivity index (χ0) is 13.0. The van der Waals surface area contributed by atoms with E-state index >= 15 is 0 Å². The molecule has 0 aliphatic carbocycles. The van der Waals surface area contributed by atoms with Gasteiger partial charge in [0.15, 0.2) is 0 Å². The molecule has 1 atom stereocenters. The molecule has 1 unspecified atom stereocenters. The molecule has 94 valence electrons. The van der Waals surface area contributed by atoms with Crippen LogP contribution in [0.4, 0.5) is 4.39 Å². The van der Waals surface area contributed by atoms with Gasteiger partial charge in [-0.3, -0.25) is 9.69 Å². The molecule has 1 aromatic rings. The molecule has 0 aromatic heterocycles. The molecule has 0 bridgehead atoms. The normalized spacial score (nSPS) is 12.8. The van der Waals surface area contributed by atoms with Gasteiger partial charge in [-0.15, -0.1) is 0 Å². The summed E-state index contributed by atoms with van der Waals surface area (Å²) < 4.78 is 13.0. The fourth-order valence-corrected chi connectivity index (χ4v) is 1.97. The average molecular weight is 260 g/mol. The largest absolute Gasteiger partial charge is 0.480 e. The Morgan fingerprint density at radius 2 is 2.06 bits per heavy atom. The van der Waals surface area contributed by atoms with Crippen LogP contribution < -0.4 is 0 Å². The number of carboxylic acids is 1. The van der Waals surface area contributed by atoms with Crippen molar-refractivity contribution in [2.24, 2.45) is 0 Å². The predicted molar refractivity (Wildman–Crippen MR) is 64.7 cm³/mol. The van der Waals surface area contributed by atoms with E-state index in [9.17, 15) is 14.3 Å². The fraction of sp³-hybridized carbons (Fsp3) is 0.417. The zero-order valence-electron chi connectivity index (χ0n) is 9.78. The van der Waals surface area contributed by atoms with Crippen LogP contribution >= 0.6 is 11.6 Å². The van der Waals surface area contributed by atoms with Crippen LogP contribution in [0.2, 0.25) is 5.02 Å². The standard InChI is InChI=1S/C12H15ClFNO2/c1-3-15(4-2)11(12(16)17)8-5-6-10(14)9(13)7-8/h5-7,11H,3-4H2,1-2H3,(H,16,17). The molecular weight excluding hydrogens is 245 g/mol. The van der Waals surface area contributed by atoms with Gasteiger partial charge in [0.25, 0.3) is 0 Å². The fourth-order valence-electron chi connectivity index (χ4n) is 1.78. The van der Waals surface area contributed by atoms with Gasteiger partial charge in [-0.2, -0.15) is 0 Å². The monoisotopic (exact) mass is 259 g/mol. The number of benzene rings is 1. The second-order valence-electron chi connectivity index (χ2n) is 3.64. The maximum absolute atomic E-state index is 13.0. The highest BCUT2D eigenvalue weighted by atomic mass is 35.5. The Bertz CT molecular complexity index is 407. The topological polar surface area (TPSA) is 40.5 Å². The van der Waals surface area contributed by atoms with E-state index in [2.05, 4.69) is 0 Å². The van der Waals surface area contributed by atoms with E-state index in [1.54, 1.807) is 4.90 Å². The van der Waals surface area contributed by atoms with Gasteiger partial charge in [0, 0.05) is 0 Å². The van der Waals surface area contributed by atoms with Crippen LogP contribution in [-0.4, -0.2) is 29.1 Å². The lowest BCUT2D eigenvalue weighted by molar-refractivity contribution is -0.143. The van der Waals surface area contributed by atoms with Crippen LogP contribution in [0.15, 0.2) is 18.2 Å². The van der Waals surface area contributed by atoms with Gasteiger partial charge < -0.3 is 5.11 Å². The first kappa shape index (κ1) is 13.9. The SMILES string of the molecule is CCN(CC)C(C(=O)O)c1ccc(F)c(Cl)c1. The van der Waals surface area contributed by atoms with Crippen molar-refractivity contribution < 1.29 is 14.3 Å². The Morgan fingerprint density at radius 1 is 1.47 bits per heavy atom. The number of carboxylic acid groups (broad SMARTS) is 1. The van der Waals surface area contributed by atoms with Gasteiger partial charge >= 0.3 is 5.97 Å². The van der Waals surface area contributed by atoms with Crippen molar-refractivity contribution in [2.75, 3.05) is 13.1 Å². The molecule has 0 saturated heterocycles. The summed E-state index contributed by atoms with van der Waals surface area (Å²) in [6.45, 7) is 4.96. The number of likely N-dealkylation sites (N-methyl/N-ethyl adjacent to an activating group) is 1. The van der Waals surface area contributed by atoms with Crippen LogP contribution in [0.5, 0.6) is 0 Å². The Morgan fingerprint density at radius 3 is 2.47 bits per heavy atom. The van der Waals surface area contributed by atoms with Crippen molar-refractivity contribution in [2.45, 2.75) is 19.9 Å². The van der Waals surface area contributed by atoms with Gasteiger partial charge in [0.2, 0.25) is 0 Å². The minimum Gasteiger partial charge on any atom is -0.480 e. The number of hydrogen-bond acceptors (Lipinski definition) is 2. The smallest absolute Gasteiger partial charge is 0.325 e.